The van der Waals surface area contributed by atoms with Crippen LogP contribution in [-0.2, 0) is 14.3 Å². The molecule has 0 N–H and O–H groups in total. The molecule has 0 amide bonds. The van der Waals surface area contributed by atoms with E-state index in [4.69, 9.17) is 14.2 Å². The molecule has 35 heavy (non-hydrogen) atoms. The summed E-state index contributed by atoms with van der Waals surface area (Å²) >= 11 is 1.24. The Morgan fingerprint density at radius 2 is 1.74 bits per heavy atom. The fourth-order valence-corrected chi connectivity index (χ4v) is 4.89. The van der Waals surface area contributed by atoms with E-state index < -0.39 is 18.0 Å². The smallest absolute Gasteiger partial charge is 0.338 e. The minimum absolute atomic E-state index is 0.207. The SMILES string of the molecule is CCOC(=O)C1=C(C)N=c2sc(=Cc3ccc(OC(C)=O)cc3)c(=O)n2C1c1ccc(OC)cc1. The van der Waals surface area contributed by atoms with Crippen LogP contribution in [0.15, 0.2) is 69.6 Å². The van der Waals surface area contributed by atoms with Gasteiger partial charge in [-0.3, -0.25) is 14.2 Å². The highest BCUT2D eigenvalue weighted by atomic mass is 32.1. The Bertz CT molecular complexity index is 1480. The molecule has 8 nitrogen and oxygen atoms in total. The van der Waals surface area contributed by atoms with Gasteiger partial charge >= 0.3 is 11.9 Å². The Morgan fingerprint density at radius 1 is 1.09 bits per heavy atom. The average Bonchev–Trinajstić information content (AvgIpc) is 3.13. The number of thiazole rings is 1. The van der Waals surface area contributed by atoms with Crippen LogP contribution in [-0.4, -0.2) is 30.2 Å². The fraction of sp³-hybridized carbons (Fsp3) is 0.231. The molecule has 2 aromatic carbocycles. The van der Waals surface area contributed by atoms with Crippen molar-refractivity contribution in [1.29, 1.82) is 0 Å². The van der Waals surface area contributed by atoms with Crippen LogP contribution in [0.1, 0.15) is 37.9 Å². The summed E-state index contributed by atoms with van der Waals surface area (Å²) < 4.78 is 17.6. The van der Waals surface area contributed by atoms with Crippen molar-refractivity contribution in [3.63, 3.8) is 0 Å². The van der Waals surface area contributed by atoms with E-state index in [9.17, 15) is 14.4 Å². The first-order valence-corrected chi connectivity index (χ1v) is 11.8. The van der Waals surface area contributed by atoms with Gasteiger partial charge in [-0.15, -0.1) is 0 Å². The molecule has 1 aromatic heterocycles. The summed E-state index contributed by atoms with van der Waals surface area (Å²) in [6, 6.07) is 13.4. The number of benzene rings is 2. The van der Waals surface area contributed by atoms with Crippen LogP contribution in [0.3, 0.4) is 0 Å². The average molecular weight is 493 g/mol. The van der Waals surface area contributed by atoms with Crippen molar-refractivity contribution in [2.75, 3.05) is 13.7 Å². The van der Waals surface area contributed by atoms with E-state index >= 15 is 0 Å². The molecule has 0 spiro atoms. The van der Waals surface area contributed by atoms with E-state index in [0.717, 1.165) is 11.1 Å². The number of hydrogen-bond donors (Lipinski definition) is 0. The summed E-state index contributed by atoms with van der Waals surface area (Å²) in [6.07, 6.45) is 1.75. The van der Waals surface area contributed by atoms with Crippen LogP contribution in [0.5, 0.6) is 11.5 Å². The highest BCUT2D eigenvalue weighted by Crippen LogP contribution is 2.31. The van der Waals surface area contributed by atoms with Gasteiger partial charge in [-0.25, -0.2) is 9.79 Å². The minimum Gasteiger partial charge on any atom is -0.497 e. The predicted octanol–water partition coefficient (Wildman–Crippen LogP) is 2.73. The van der Waals surface area contributed by atoms with E-state index in [1.165, 1.54) is 22.8 Å². The minimum atomic E-state index is -0.690. The number of allylic oxidation sites excluding steroid dienone is 1. The monoisotopic (exact) mass is 492 g/mol. The molecule has 3 aromatic rings. The van der Waals surface area contributed by atoms with Crippen molar-refractivity contribution in [2.24, 2.45) is 4.99 Å². The molecule has 1 atom stereocenters. The van der Waals surface area contributed by atoms with Crippen LogP contribution in [0.25, 0.3) is 6.08 Å². The predicted molar refractivity (Wildman–Crippen MR) is 131 cm³/mol. The molecule has 1 aliphatic rings. The van der Waals surface area contributed by atoms with Crippen molar-refractivity contribution in [2.45, 2.75) is 26.8 Å². The standard InChI is InChI=1S/C26H24N2O6S/c1-5-33-25(31)22-15(2)27-26-28(23(22)18-8-12-19(32-4)13-9-18)24(30)21(35-26)14-17-6-10-20(11-7-17)34-16(3)29/h6-14,23H,5H2,1-4H3. The van der Waals surface area contributed by atoms with E-state index in [1.807, 2.05) is 12.1 Å². The summed E-state index contributed by atoms with van der Waals surface area (Å²) in [7, 11) is 1.57. The van der Waals surface area contributed by atoms with Crippen molar-refractivity contribution < 1.29 is 23.8 Å². The van der Waals surface area contributed by atoms with E-state index in [-0.39, 0.29) is 12.2 Å². The second-order valence-electron chi connectivity index (χ2n) is 7.74. The Labute approximate surface area is 205 Å². The summed E-state index contributed by atoms with van der Waals surface area (Å²) in [5.41, 5.74) is 2.05. The molecule has 0 fully saturated rings. The molecule has 1 unspecified atom stereocenters. The van der Waals surface area contributed by atoms with Gasteiger partial charge in [0.15, 0.2) is 4.80 Å². The number of esters is 2. The number of carbonyl (C=O) groups excluding carboxylic acids is 2. The van der Waals surface area contributed by atoms with E-state index in [1.54, 1.807) is 63.4 Å². The molecule has 9 heteroatoms. The summed E-state index contributed by atoms with van der Waals surface area (Å²) in [4.78, 5) is 42.7. The maximum absolute atomic E-state index is 13.6. The second-order valence-corrected chi connectivity index (χ2v) is 8.75. The number of aromatic nitrogens is 1. The quantitative estimate of drug-likeness (QED) is 0.388. The first kappa shape index (κ1) is 24.2. The number of carbonyl (C=O) groups is 2. The number of rotatable bonds is 6. The molecule has 0 saturated carbocycles. The third-order valence-electron chi connectivity index (χ3n) is 5.39. The largest absolute Gasteiger partial charge is 0.497 e. The zero-order chi connectivity index (χ0) is 25.1. The third-order valence-corrected chi connectivity index (χ3v) is 6.37. The Balaban J connectivity index is 1.85. The van der Waals surface area contributed by atoms with Crippen LogP contribution >= 0.6 is 11.3 Å². The first-order chi connectivity index (χ1) is 16.8. The summed E-state index contributed by atoms with van der Waals surface area (Å²) in [5.74, 6) is 0.171. The molecule has 1 aliphatic heterocycles. The van der Waals surface area contributed by atoms with Gasteiger partial charge in [0.05, 0.1) is 35.6 Å². The Morgan fingerprint density at radius 3 is 2.34 bits per heavy atom. The normalized spacial score (nSPS) is 15.3. The highest BCUT2D eigenvalue weighted by Gasteiger charge is 2.33. The zero-order valence-corrected chi connectivity index (χ0v) is 20.5. The van der Waals surface area contributed by atoms with Gasteiger partial charge in [-0.2, -0.15) is 0 Å². The maximum Gasteiger partial charge on any atom is 0.338 e. The second kappa shape index (κ2) is 10.1. The van der Waals surface area contributed by atoms with Crippen molar-refractivity contribution >= 4 is 29.4 Å². The van der Waals surface area contributed by atoms with Gasteiger partial charge < -0.3 is 14.2 Å². The lowest BCUT2D eigenvalue weighted by atomic mass is 9.96. The highest BCUT2D eigenvalue weighted by molar-refractivity contribution is 7.07. The fourth-order valence-electron chi connectivity index (χ4n) is 3.84. The van der Waals surface area contributed by atoms with Gasteiger partial charge in [-0.05, 0) is 55.3 Å². The Kier molecular flexibility index (Phi) is 6.97. The van der Waals surface area contributed by atoms with Crippen molar-refractivity contribution in [3.05, 3.63) is 90.6 Å². The molecular weight excluding hydrogens is 468 g/mol. The van der Waals surface area contributed by atoms with E-state index in [0.29, 0.717) is 32.1 Å². The lowest BCUT2D eigenvalue weighted by Crippen LogP contribution is -2.39. The van der Waals surface area contributed by atoms with Gasteiger partial charge in [0.1, 0.15) is 11.5 Å². The molecule has 0 aliphatic carbocycles. The molecule has 4 rings (SSSR count). The van der Waals surface area contributed by atoms with Crippen LogP contribution in [0, 0.1) is 0 Å². The molecular formula is C26H24N2O6S. The number of hydrogen-bond acceptors (Lipinski definition) is 8. The lowest BCUT2D eigenvalue weighted by molar-refractivity contribution is -0.139. The number of fused-ring (bicyclic) bond motifs is 1. The van der Waals surface area contributed by atoms with Gasteiger partial charge in [0.25, 0.3) is 5.56 Å². The van der Waals surface area contributed by atoms with Gasteiger partial charge in [0, 0.05) is 6.92 Å². The molecule has 0 saturated heterocycles. The Hall–Kier alpha value is -3.98. The lowest BCUT2D eigenvalue weighted by Gasteiger charge is -2.24. The summed E-state index contributed by atoms with van der Waals surface area (Å²) in [6.45, 7) is 5.02. The molecule has 0 bridgehead atoms. The van der Waals surface area contributed by atoms with Crippen LogP contribution in [0.4, 0.5) is 0 Å². The van der Waals surface area contributed by atoms with Crippen molar-refractivity contribution in [1.82, 2.24) is 4.57 Å². The van der Waals surface area contributed by atoms with Crippen molar-refractivity contribution in [3.8, 4) is 11.5 Å². The third kappa shape index (κ3) is 4.95. The topological polar surface area (TPSA) is 96.2 Å². The molecule has 0 radical (unpaired) electrons. The number of nitrogens with zero attached hydrogens (tertiary/aromatic N) is 2. The maximum atomic E-state index is 13.6. The number of ether oxygens (including phenoxy) is 3. The van der Waals surface area contributed by atoms with Gasteiger partial charge in [0.2, 0.25) is 0 Å². The molecule has 180 valence electrons. The number of methoxy groups -OCH3 is 1. The first-order valence-electron chi connectivity index (χ1n) is 10.9. The van der Waals surface area contributed by atoms with E-state index in [2.05, 4.69) is 4.99 Å². The van der Waals surface area contributed by atoms with Gasteiger partial charge in [-0.1, -0.05) is 35.6 Å². The zero-order valence-electron chi connectivity index (χ0n) is 19.7. The van der Waals surface area contributed by atoms with Crippen LogP contribution in [0.2, 0.25) is 0 Å². The van der Waals surface area contributed by atoms with Crippen LogP contribution < -0.4 is 24.4 Å². The summed E-state index contributed by atoms with van der Waals surface area (Å²) in [5, 5.41) is 0. The molecule has 2 heterocycles.